The quantitative estimate of drug-likeness (QED) is 0.453. The van der Waals surface area contributed by atoms with Crippen LogP contribution in [0.3, 0.4) is 0 Å². The summed E-state index contributed by atoms with van der Waals surface area (Å²) in [6, 6.07) is 6.34. The van der Waals surface area contributed by atoms with Crippen molar-refractivity contribution >= 4 is 22.7 Å². The summed E-state index contributed by atoms with van der Waals surface area (Å²) >= 11 is 0. The Balaban J connectivity index is 1.08. The summed E-state index contributed by atoms with van der Waals surface area (Å²) in [6.07, 6.45) is 9.93. The van der Waals surface area contributed by atoms with Crippen LogP contribution in [0, 0.1) is 12.3 Å². The third kappa shape index (κ3) is 4.61. The van der Waals surface area contributed by atoms with Gasteiger partial charge in [-0.25, -0.2) is 0 Å². The molecule has 3 fully saturated rings. The molecule has 2 aromatic rings. The summed E-state index contributed by atoms with van der Waals surface area (Å²) in [7, 11) is 1.71. The standard InChI is InChI=1S/C28H39N3O3/c1-20-27(23-8-7-22(34-2)17-24(23)29-20)21-9-15-30(16-10-21)13-5-6-14-31-25(32)18-28(19-26(31)33)11-3-4-12-28/h7-8,17,21,29H,3-6,9-16,18-19H2,1-2H3. The number of amides is 2. The van der Waals surface area contributed by atoms with Crippen molar-refractivity contribution in [3.05, 3.63) is 29.5 Å². The number of carbonyl (C=O) groups excluding carboxylic acids is 2. The molecule has 1 saturated carbocycles. The maximum absolute atomic E-state index is 12.7. The fourth-order valence-electron chi connectivity index (χ4n) is 6.80. The number of benzene rings is 1. The average molecular weight is 466 g/mol. The molecule has 1 spiro atoms. The summed E-state index contributed by atoms with van der Waals surface area (Å²) in [5, 5.41) is 1.33. The predicted octanol–water partition coefficient (Wildman–Crippen LogP) is 5.15. The topological polar surface area (TPSA) is 65.6 Å². The van der Waals surface area contributed by atoms with Crippen LogP contribution in [0.25, 0.3) is 10.9 Å². The summed E-state index contributed by atoms with van der Waals surface area (Å²) in [5.74, 6) is 1.63. The number of hydrogen-bond acceptors (Lipinski definition) is 4. The fourth-order valence-corrected chi connectivity index (χ4v) is 6.80. The minimum atomic E-state index is 0.00419. The first-order chi connectivity index (χ1) is 16.5. The van der Waals surface area contributed by atoms with Gasteiger partial charge in [0.15, 0.2) is 0 Å². The minimum absolute atomic E-state index is 0.00419. The van der Waals surface area contributed by atoms with E-state index in [2.05, 4.69) is 35.0 Å². The summed E-state index contributed by atoms with van der Waals surface area (Å²) in [5.41, 5.74) is 3.91. The maximum Gasteiger partial charge on any atom is 0.229 e. The van der Waals surface area contributed by atoms with Crippen LogP contribution in [0.5, 0.6) is 5.75 Å². The Morgan fingerprint density at radius 1 is 1.03 bits per heavy atom. The van der Waals surface area contributed by atoms with Crippen molar-refractivity contribution in [3.8, 4) is 5.75 Å². The van der Waals surface area contributed by atoms with E-state index in [1.54, 1.807) is 12.0 Å². The summed E-state index contributed by atoms with van der Waals surface area (Å²) in [4.78, 5) is 33.0. The number of aryl methyl sites for hydroxylation is 1. The summed E-state index contributed by atoms with van der Waals surface area (Å²) < 4.78 is 5.38. The lowest BCUT2D eigenvalue weighted by molar-refractivity contribution is -0.153. The number of aromatic nitrogens is 1. The first-order valence-electron chi connectivity index (χ1n) is 13.2. The van der Waals surface area contributed by atoms with Crippen molar-refractivity contribution in [3.63, 3.8) is 0 Å². The van der Waals surface area contributed by atoms with Crippen LogP contribution in [0.2, 0.25) is 0 Å². The van der Waals surface area contributed by atoms with E-state index < -0.39 is 0 Å². The highest BCUT2D eigenvalue weighted by Gasteiger charge is 2.44. The number of carbonyl (C=O) groups is 2. The van der Waals surface area contributed by atoms with Gasteiger partial charge in [-0.05, 0) is 94.1 Å². The van der Waals surface area contributed by atoms with E-state index >= 15 is 0 Å². The number of nitrogens with one attached hydrogen (secondary N) is 1. The average Bonchev–Trinajstić information content (AvgIpc) is 3.40. The van der Waals surface area contributed by atoms with Crippen molar-refractivity contribution in [2.75, 3.05) is 33.3 Å². The molecule has 2 saturated heterocycles. The molecule has 1 N–H and O–H groups in total. The molecular weight excluding hydrogens is 426 g/mol. The van der Waals surface area contributed by atoms with Gasteiger partial charge in [-0.3, -0.25) is 14.5 Å². The van der Waals surface area contributed by atoms with E-state index in [1.807, 2.05) is 0 Å². The number of nitrogens with zero attached hydrogens (tertiary/aromatic N) is 2. The first kappa shape index (κ1) is 23.4. The number of hydrogen-bond donors (Lipinski definition) is 1. The molecule has 1 aromatic heterocycles. The molecule has 184 valence electrons. The number of H-pyrrole nitrogens is 1. The molecule has 1 aromatic carbocycles. The Morgan fingerprint density at radius 2 is 1.71 bits per heavy atom. The molecule has 5 rings (SSSR count). The first-order valence-corrected chi connectivity index (χ1v) is 13.2. The van der Waals surface area contributed by atoms with Crippen LogP contribution in [-0.4, -0.2) is 59.9 Å². The Labute approximate surface area is 203 Å². The normalized spacial score (nSPS) is 21.8. The molecule has 1 aliphatic carbocycles. The monoisotopic (exact) mass is 465 g/mol. The van der Waals surface area contributed by atoms with Crippen LogP contribution in [0.4, 0.5) is 0 Å². The molecule has 2 amide bonds. The number of likely N-dealkylation sites (tertiary alicyclic amines) is 2. The highest BCUT2D eigenvalue weighted by molar-refractivity contribution is 5.98. The zero-order valence-electron chi connectivity index (χ0n) is 20.8. The van der Waals surface area contributed by atoms with E-state index in [1.165, 1.54) is 42.3 Å². The third-order valence-corrected chi connectivity index (χ3v) is 8.66. The van der Waals surface area contributed by atoms with Gasteiger partial charge in [-0.15, -0.1) is 0 Å². The minimum Gasteiger partial charge on any atom is -0.497 e. The van der Waals surface area contributed by atoms with Crippen molar-refractivity contribution in [2.45, 2.75) is 77.0 Å². The number of aromatic amines is 1. The van der Waals surface area contributed by atoms with Gasteiger partial charge in [0.05, 0.1) is 7.11 Å². The van der Waals surface area contributed by atoms with Crippen LogP contribution in [-0.2, 0) is 9.59 Å². The van der Waals surface area contributed by atoms with Crippen LogP contribution in [0.15, 0.2) is 18.2 Å². The predicted molar refractivity (Wildman–Crippen MR) is 134 cm³/mol. The zero-order valence-corrected chi connectivity index (χ0v) is 20.8. The highest BCUT2D eigenvalue weighted by Crippen LogP contribution is 2.47. The third-order valence-electron chi connectivity index (χ3n) is 8.66. The van der Waals surface area contributed by atoms with Gasteiger partial charge in [0.2, 0.25) is 11.8 Å². The van der Waals surface area contributed by atoms with Crippen molar-refractivity contribution in [1.82, 2.24) is 14.8 Å². The smallest absolute Gasteiger partial charge is 0.229 e. The highest BCUT2D eigenvalue weighted by atomic mass is 16.5. The fraction of sp³-hybridized carbons (Fsp3) is 0.643. The van der Waals surface area contributed by atoms with Gasteiger partial charge in [0, 0.05) is 42.0 Å². The van der Waals surface area contributed by atoms with E-state index in [-0.39, 0.29) is 17.2 Å². The summed E-state index contributed by atoms with van der Waals surface area (Å²) in [6.45, 7) is 6.05. The molecule has 6 nitrogen and oxygen atoms in total. The zero-order chi connectivity index (χ0) is 23.7. The van der Waals surface area contributed by atoms with Gasteiger partial charge >= 0.3 is 0 Å². The second-order valence-electron chi connectivity index (χ2n) is 10.9. The number of ether oxygens (including phenoxy) is 1. The SMILES string of the molecule is COc1ccc2c(C3CCN(CCCCN4C(=O)CC5(CCCC5)CC4=O)CC3)c(C)[nH]c2c1. The Kier molecular flexibility index (Phi) is 6.70. The molecule has 3 aliphatic rings. The van der Waals surface area contributed by atoms with E-state index in [0.29, 0.717) is 25.3 Å². The number of piperidine rings is 2. The molecule has 0 atom stereocenters. The van der Waals surface area contributed by atoms with Gasteiger partial charge in [-0.2, -0.15) is 0 Å². The molecule has 0 bridgehead atoms. The van der Waals surface area contributed by atoms with Crippen molar-refractivity contribution in [2.24, 2.45) is 5.41 Å². The van der Waals surface area contributed by atoms with Gasteiger partial charge in [0.25, 0.3) is 0 Å². The Bertz CT molecular complexity index is 1020. The van der Waals surface area contributed by atoms with Crippen molar-refractivity contribution in [1.29, 1.82) is 0 Å². The largest absolute Gasteiger partial charge is 0.497 e. The maximum atomic E-state index is 12.7. The number of rotatable bonds is 7. The van der Waals surface area contributed by atoms with E-state index in [9.17, 15) is 9.59 Å². The molecule has 0 unspecified atom stereocenters. The van der Waals surface area contributed by atoms with Gasteiger partial charge in [-0.1, -0.05) is 12.8 Å². The molecular formula is C28H39N3O3. The van der Waals surface area contributed by atoms with Crippen LogP contribution in [0.1, 0.15) is 81.4 Å². The number of methoxy groups -OCH3 is 1. The second-order valence-corrected chi connectivity index (χ2v) is 10.9. The number of unbranched alkanes of at least 4 members (excludes halogenated alkanes) is 1. The lowest BCUT2D eigenvalue weighted by atomic mass is 9.76. The molecule has 2 aliphatic heterocycles. The lowest BCUT2D eigenvalue weighted by Gasteiger charge is -2.37. The van der Waals surface area contributed by atoms with Crippen LogP contribution >= 0.6 is 0 Å². The van der Waals surface area contributed by atoms with Gasteiger partial charge in [0.1, 0.15) is 5.75 Å². The molecule has 34 heavy (non-hydrogen) atoms. The lowest BCUT2D eigenvalue weighted by Crippen LogP contribution is -2.47. The van der Waals surface area contributed by atoms with E-state index in [0.717, 1.165) is 56.6 Å². The molecule has 3 heterocycles. The Morgan fingerprint density at radius 3 is 2.38 bits per heavy atom. The van der Waals surface area contributed by atoms with Crippen molar-refractivity contribution < 1.29 is 14.3 Å². The molecule has 0 radical (unpaired) electrons. The van der Waals surface area contributed by atoms with E-state index in [4.69, 9.17) is 4.74 Å². The number of imide groups is 1. The Hall–Kier alpha value is -2.34. The molecule has 6 heteroatoms. The van der Waals surface area contributed by atoms with Crippen LogP contribution < -0.4 is 4.74 Å². The number of fused-ring (bicyclic) bond motifs is 1. The van der Waals surface area contributed by atoms with Gasteiger partial charge < -0.3 is 14.6 Å². The second kappa shape index (κ2) is 9.73.